The van der Waals surface area contributed by atoms with E-state index in [1.54, 1.807) is 6.08 Å². The van der Waals surface area contributed by atoms with Gasteiger partial charge in [0.1, 0.15) is 0 Å². The Kier molecular flexibility index (Phi) is 70.9. The molecular formula is C77H147NO5. The average molecular weight is 1170 g/mol. The molecular weight excluding hydrogens is 1020 g/mol. The number of amides is 1. The highest BCUT2D eigenvalue weighted by Crippen LogP contribution is 2.19. The van der Waals surface area contributed by atoms with Crippen molar-refractivity contribution in [2.45, 2.75) is 431 Å². The fraction of sp³-hybridized carbons (Fsp3) is 0.896. The number of hydrogen-bond acceptors (Lipinski definition) is 5. The molecule has 83 heavy (non-hydrogen) atoms. The molecule has 0 aliphatic rings. The van der Waals surface area contributed by atoms with E-state index in [9.17, 15) is 19.8 Å². The zero-order chi connectivity index (χ0) is 59.9. The molecule has 0 spiro atoms. The van der Waals surface area contributed by atoms with Gasteiger partial charge >= 0.3 is 5.97 Å². The summed E-state index contributed by atoms with van der Waals surface area (Å²) in [7, 11) is 0. The summed E-state index contributed by atoms with van der Waals surface area (Å²) in [6.45, 7) is 4.94. The number of esters is 1. The molecule has 6 heteroatoms. The van der Waals surface area contributed by atoms with Crippen LogP contribution < -0.4 is 5.32 Å². The van der Waals surface area contributed by atoms with E-state index in [1.165, 1.54) is 340 Å². The van der Waals surface area contributed by atoms with E-state index in [2.05, 4.69) is 43.5 Å². The molecule has 6 nitrogen and oxygen atoms in total. The lowest BCUT2D eigenvalue weighted by molar-refractivity contribution is -0.143. The van der Waals surface area contributed by atoms with E-state index in [4.69, 9.17) is 4.74 Å². The Labute approximate surface area is 519 Å². The highest BCUT2D eigenvalue weighted by atomic mass is 16.5. The third kappa shape index (κ3) is 69.1. The third-order valence-corrected chi connectivity index (χ3v) is 17.6. The maximum absolute atomic E-state index is 12.5. The quantitative estimate of drug-likeness (QED) is 0.0320. The van der Waals surface area contributed by atoms with Crippen LogP contribution in [0, 0.1) is 0 Å². The highest BCUT2D eigenvalue weighted by molar-refractivity contribution is 5.76. The number of unbranched alkanes of at least 4 members (excludes halogenated alkanes) is 56. The largest absolute Gasteiger partial charge is 0.466 e. The molecule has 0 heterocycles. The van der Waals surface area contributed by atoms with Gasteiger partial charge < -0.3 is 20.3 Å². The molecule has 0 aliphatic carbocycles. The minimum absolute atomic E-state index is 0.00986. The van der Waals surface area contributed by atoms with Crippen LogP contribution in [-0.4, -0.2) is 47.4 Å². The van der Waals surface area contributed by atoms with E-state index in [0.717, 1.165) is 51.4 Å². The minimum Gasteiger partial charge on any atom is -0.466 e. The Morgan fingerprint density at radius 1 is 0.325 bits per heavy atom. The predicted octanol–water partition coefficient (Wildman–Crippen LogP) is 24.7. The topological polar surface area (TPSA) is 95.9 Å². The molecule has 3 N–H and O–H groups in total. The van der Waals surface area contributed by atoms with Gasteiger partial charge in [0.2, 0.25) is 5.91 Å². The number of rotatable bonds is 71. The molecule has 2 unspecified atom stereocenters. The summed E-state index contributed by atoms with van der Waals surface area (Å²) in [5.41, 5.74) is 0. The Hall–Kier alpha value is -1.92. The van der Waals surface area contributed by atoms with Gasteiger partial charge in [-0.25, -0.2) is 0 Å². The van der Waals surface area contributed by atoms with Crippen molar-refractivity contribution in [2.24, 2.45) is 0 Å². The molecule has 0 saturated heterocycles. The summed E-state index contributed by atoms with van der Waals surface area (Å²) >= 11 is 0. The standard InChI is InChI=1S/C77H147NO5/c1-3-5-7-9-11-13-15-17-19-21-23-24-25-26-27-30-34-37-41-45-49-53-57-61-65-69-75(80)74(73-79)78-76(81)70-66-62-58-54-50-46-42-38-35-31-28-29-32-36-40-44-48-52-56-60-64-68-72-83-77(82)71-67-63-59-55-51-47-43-39-33-22-20-18-16-14-12-10-8-6-4-2/h18,20,31,35,65,69,74-75,79-80H,3-17,19,21-30,32-34,36-64,66-68,70-73H2,1-2H3,(H,78,81)/b20-18-,35-31-,69-65+. The van der Waals surface area contributed by atoms with Gasteiger partial charge in [-0.3, -0.25) is 9.59 Å². The Balaban J connectivity index is 3.43. The number of carbonyl (C=O) groups excluding carboxylic acids is 2. The summed E-state index contributed by atoms with van der Waals surface area (Å²) in [4.78, 5) is 24.7. The zero-order valence-corrected chi connectivity index (χ0v) is 56.2. The van der Waals surface area contributed by atoms with Crippen molar-refractivity contribution < 1.29 is 24.5 Å². The van der Waals surface area contributed by atoms with Crippen molar-refractivity contribution in [3.05, 3.63) is 36.5 Å². The first kappa shape index (κ1) is 81.1. The predicted molar refractivity (Wildman–Crippen MR) is 366 cm³/mol. The molecule has 0 fully saturated rings. The summed E-state index contributed by atoms with van der Waals surface area (Å²) in [6.07, 6.45) is 93.8. The Bertz CT molecular complexity index is 1340. The summed E-state index contributed by atoms with van der Waals surface area (Å²) in [5.74, 6) is -0.0607. The van der Waals surface area contributed by atoms with Gasteiger partial charge in [0, 0.05) is 12.8 Å². The van der Waals surface area contributed by atoms with Gasteiger partial charge in [-0.15, -0.1) is 0 Å². The molecule has 0 rings (SSSR count). The third-order valence-electron chi connectivity index (χ3n) is 17.6. The fourth-order valence-corrected chi connectivity index (χ4v) is 11.9. The molecule has 0 aromatic carbocycles. The van der Waals surface area contributed by atoms with Gasteiger partial charge in [-0.05, 0) is 83.5 Å². The van der Waals surface area contributed by atoms with Gasteiger partial charge in [0.15, 0.2) is 0 Å². The van der Waals surface area contributed by atoms with Crippen molar-refractivity contribution in [1.29, 1.82) is 0 Å². The average Bonchev–Trinajstić information content (AvgIpc) is 3.49. The highest BCUT2D eigenvalue weighted by Gasteiger charge is 2.18. The second-order valence-electron chi connectivity index (χ2n) is 26.0. The zero-order valence-electron chi connectivity index (χ0n) is 56.2. The van der Waals surface area contributed by atoms with Crippen molar-refractivity contribution in [1.82, 2.24) is 5.32 Å². The number of aliphatic hydroxyl groups is 2. The van der Waals surface area contributed by atoms with E-state index in [-0.39, 0.29) is 18.5 Å². The van der Waals surface area contributed by atoms with Gasteiger partial charge in [-0.2, -0.15) is 0 Å². The van der Waals surface area contributed by atoms with Crippen LogP contribution in [0.15, 0.2) is 36.5 Å². The van der Waals surface area contributed by atoms with Crippen molar-refractivity contribution in [3.63, 3.8) is 0 Å². The van der Waals surface area contributed by atoms with Crippen LogP contribution in [0.4, 0.5) is 0 Å². The number of aliphatic hydroxyl groups excluding tert-OH is 2. The number of allylic oxidation sites excluding steroid dienone is 5. The number of hydrogen-bond donors (Lipinski definition) is 3. The monoisotopic (exact) mass is 1170 g/mol. The molecule has 0 radical (unpaired) electrons. The van der Waals surface area contributed by atoms with Gasteiger partial charge in [0.05, 0.1) is 25.4 Å². The summed E-state index contributed by atoms with van der Waals surface area (Å²) in [5, 5.41) is 23.3. The first-order valence-electron chi connectivity index (χ1n) is 37.8. The van der Waals surface area contributed by atoms with Crippen LogP contribution in [0.1, 0.15) is 418 Å². The van der Waals surface area contributed by atoms with E-state index >= 15 is 0 Å². The Morgan fingerprint density at radius 2 is 0.566 bits per heavy atom. The lowest BCUT2D eigenvalue weighted by Gasteiger charge is -2.20. The maximum atomic E-state index is 12.5. The van der Waals surface area contributed by atoms with E-state index < -0.39 is 12.1 Å². The van der Waals surface area contributed by atoms with Gasteiger partial charge in [0.25, 0.3) is 0 Å². The van der Waals surface area contributed by atoms with Gasteiger partial charge in [-0.1, -0.05) is 359 Å². The first-order valence-corrected chi connectivity index (χ1v) is 37.8. The molecule has 0 saturated carbocycles. The maximum Gasteiger partial charge on any atom is 0.305 e. The van der Waals surface area contributed by atoms with Crippen LogP contribution in [0.25, 0.3) is 0 Å². The summed E-state index contributed by atoms with van der Waals surface area (Å²) < 4.78 is 5.51. The number of nitrogens with one attached hydrogen (secondary N) is 1. The van der Waals surface area contributed by atoms with Crippen LogP contribution in [0.2, 0.25) is 0 Å². The second kappa shape index (κ2) is 72.6. The van der Waals surface area contributed by atoms with E-state index in [1.807, 2.05) is 6.08 Å². The first-order chi connectivity index (χ1) is 41.0. The van der Waals surface area contributed by atoms with Crippen molar-refractivity contribution in [2.75, 3.05) is 13.2 Å². The molecule has 2 atom stereocenters. The summed E-state index contributed by atoms with van der Waals surface area (Å²) in [6, 6.07) is -0.635. The molecule has 0 aromatic rings. The van der Waals surface area contributed by atoms with Crippen LogP contribution in [0.3, 0.4) is 0 Å². The lowest BCUT2D eigenvalue weighted by Crippen LogP contribution is -2.45. The molecule has 0 aliphatic heterocycles. The normalized spacial score (nSPS) is 12.7. The molecule has 0 bridgehead atoms. The van der Waals surface area contributed by atoms with Crippen molar-refractivity contribution >= 4 is 11.9 Å². The minimum atomic E-state index is -0.851. The molecule has 1 amide bonds. The lowest BCUT2D eigenvalue weighted by atomic mass is 10.0. The van der Waals surface area contributed by atoms with Crippen LogP contribution in [0.5, 0.6) is 0 Å². The van der Waals surface area contributed by atoms with Crippen LogP contribution >= 0.6 is 0 Å². The van der Waals surface area contributed by atoms with E-state index in [0.29, 0.717) is 19.4 Å². The molecule has 490 valence electrons. The SMILES string of the molecule is CCCCCCCC/C=C\CCCCCCCCCCCC(=O)OCCCCCCCCCCCCC/C=C\CCCCCCCCCC(=O)NC(CO)C(O)/C=C/CCCCCCCCCCCCCCCCCCCCCCCCC. The van der Waals surface area contributed by atoms with Crippen LogP contribution in [-0.2, 0) is 14.3 Å². The molecule has 0 aromatic heterocycles. The number of ether oxygens (including phenoxy) is 1. The Morgan fingerprint density at radius 3 is 0.855 bits per heavy atom. The fourth-order valence-electron chi connectivity index (χ4n) is 11.9. The number of carbonyl (C=O) groups is 2. The second-order valence-corrected chi connectivity index (χ2v) is 26.0. The smallest absolute Gasteiger partial charge is 0.305 e. The van der Waals surface area contributed by atoms with Crippen molar-refractivity contribution in [3.8, 4) is 0 Å².